The molecule has 24 heavy (non-hydrogen) atoms. The Balaban J connectivity index is 1.67. The molecule has 3 aromatic carbocycles. The van der Waals surface area contributed by atoms with Crippen LogP contribution in [0.25, 0.3) is 11.0 Å². The summed E-state index contributed by atoms with van der Waals surface area (Å²) in [5.41, 5.74) is 3.38. The molecule has 1 aromatic heterocycles. The van der Waals surface area contributed by atoms with Crippen molar-refractivity contribution in [3.8, 4) is 5.75 Å². The zero-order valence-electron chi connectivity index (χ0n) is 13.3. The van der Waals surface area contributed by atoms with Crippen molar-refractivity contribution >= 4 is 11.0 Å². The van der Waals surface area contributed by atoms with E-state index < -0.39 is 0 Å². The van der Waals surface area contributed by atoms with Crippen LogP contribution in [0.5, 0.6) is 5.75 Å². The van der Waals surface area contributed by atoms with Gasteiger partial charge in [0.2, 0.25) is 0 Å². The predicted octanol–water partition coefficient (Wildman–Crippen LogP) is 4.66. The van der Waals surface area contributed by atoms with Crippen LogP contribution in [0.4, 0.5) is 0 Å². The summed E-state index contributed by atoms with van der Waals surface area (Å²) in [4.78, 5) is 4.76. The number of aromatic nitrogens is 2. The molecule has 0 saturated carbocycles. The van der Waals surface area contributed by atoms with E-state index in [4.69, 9.17) is 9.72 Å². The Morgan fingerprint density at radius 2 is 1.42 bits per heavy atom. The molecule has 4 rings (SSSR count). The maximum Gasteiger partial charge on any atom is 0.148 e. The molecule has 3 nitrogen and oxygen atoms in total. The lowest BCUT2D eigenvalue weighted by Gasteiger charge is -2.10. The van der Waals surface area contributed by atoms with Crippen LogP contribution in [0.1, 0.15) is 11.4 Å². The van der Waals surface area contributed by atoms with E-state index in [9.17, 15) is 0 Å². The first kappa shape index (κ1) is 14.5. The maximum atomic E-state index is 5.92. The van der Waals surface area contributed by atoms with Crippen LogP contribution in [-0.4, -0.2) is 9.55 Å². The molecular weight excluding hydrogens is 296 g/mol. The molecule has 0 amide bonds. The molecule has 0 atom stereocenters. The second kappa shape index (κ2) is 6.59. The van der Waals surface area contributed by atoms with Crippen LogP contribution in [0, 0.1) is 0 Å². The summed E-state index contributed by atoms with van der Waals surface area (Å²) < 4.78 is 8.15. The molecule has 0 radical (unpaired) electrons. The van der Waals surface area contributed by atoms with Gasteiger partial charge in [0.1, 0.15) is 18.2 Å². The molecule has 0 fully saturated rings. The van der Waals surface area contributed by atoms with Gasteiger partial charge in [0, 0.05) is 6.54 Å². The number of benzene rings is 3. The van der Waals surface area contributed by atoms with Crippen molar-refractivity contribution in [2.24, 2.45) is 0 Å². The summed E-state index contributed by atoms with van der Waals surface area (Å²) in [7, 11) is 0. The Labute approximate surface area is 141 Å². The molecule has 0 saturated heterocycles. The Hall–Kier alpha value is -3.07. The Bertz CT molecular complexity index is 930. The first-order valence-electron chi connectivity index (χ1n) is 8.06. The zero-order valence-corrected chi connectivity index (χ0v) is 13.3. The largest absolute Gasteiger partial charge is 0.486 e. The van der Waals surface area contributed by atoms with Crippen LogP contribution in [0.2, 0.25) is 0 Å². The molecule has 0 aliphatic heterocycles. The fourth-order valence-electron chi connectivity index (χ4n) is 2.84. The van der Waals surface area contributed by atoms with Crippen LogP contribution in [0.3, 0.4) is 0 Å². The number of para-hydroxylation sites is 3. The Morgan fingerprint density at radius 3 is 2.21 bits per heavy atom. The Morgan fingerprint density at radius 1 is 0.750 bits per heavy atom. The van der Waals surface area contributed by atoms with Crippen molar-refractivity contribution in [2.45, 2.75) is 13.2 Å². The van der Waals surface area contributed by atoms with Gasteiger partial charge < -0.3 is 9.30 Å². The van der Waals surface area contributed by atoms with E-state index in [0.29, 0.717) is 6.61 Å². The monoisotopic (exact) mass is 314 g/mol. The number of ether oxygens (including phenoxy) is 1. The van der Waals surface area contributed by atoms with E-state index >= 15 is 0 Å². The van der Waals surface area contributed by atoms with E-state index in [1.54, 1.807) is 0 Å². The molecule has 4 aromatic rings. The topological polar surface area (TPSA) is 27.1 Å². The van der Waals surface area contributed by atoms with Crippen LogP contribution < -0.4 is 4.74 Å². The molecule has 3 heteroatoms. The van der Waals surface area contributed by atoms with E-state index in [1.807, 2.05) is 54.6 Å². The first-order chi connectivity index (χ1) is 11.9. The predicted molar refractivity (Wildman–Crippen MR) is 96.1 cm³/mol. The minimum atomic E-state index is 0.450. The average Bonchev–Trinajstić information content (AvgIpc) is 2.99. The molecular formula is C21H18N2O. The highest BCUT2D eigenvalue weighted by Gasteiger charge is 2.11. The van der Waals surface area contributed by atoms with Crippen LogP contribution in [0.15, 0.2) is 84.9 Å². The van der Waals surface area contributed by atoms with Crippen molar-refractivity contribution in [1.29, 1.82) is 0 Å². The van der Waals surface area contributed by atoms with Gasteiger partial charge in [-0.05, 0) is 29.8 Å². The van der Waals surface area contributed by atoms with Crippen molar-refractivity contribution in [2.75, 3.05) is 0 Å². The second-order valence-corrected chi connectivity index (χ2v) is 5.69. The minimum absolute atomic E-state index is 0.450. The fourth-order valence-corrected chi connectivity index (χ4v) is 2.84. The third-order valence-corrected chi connectivity index (χ3v) is 4.03. The van der Waals surface area contributed by atoms with Gasteiger partial charge in [-0.25, -0.2) is 4.98 Å². The number of nitrogens with zero attached hydrogens (tertiary/aromatic N) is 2. The van der Waals surface area contributed by atoms with Crippen LogP contribution >= 0.6 is 0 Å². The maximum absolute atomic E-state index is 5.92. The highest BCUT2D eigenvalue weighted by Crippen LogP contribution is 2.19. The number of fused-ring (bicyclic) bond motifs is 1. The van der Waals surface area contributed by atoms with Crippen molar-refractivity contribution in [3.05, 3.63) is 96.3 Å². The minimum Gasteiger partial charge on any atom is -0.486 e. The van der Waals surface area contributed by atoms with E-state index in [0.717, 1.165) is 29.2 Å². The average molecular weight is 314 g/mol. The van der Waals surface area contributed by atoms with Crippen molar-refractivity contribution < 1.29 is 4.74 Å². The molecule has 118 valence electrons. The number of rotatable bonds is 5. The Kier molecular flexibility index (Phi) is 3.98. The molecule has 0 bridgehead atoms. The van der Waals surface area contributed by atoms with E-state index in [2.05, 4.69) is 34.9 Å². The lowest BCUT2D eigenvalue weighted by atomic mass is 10.2. The molecule has 0 unspecified atom stereocenters. The second-order valence-electron chi connectivity index (χ2n) is 5.69. The third-order valence-electron chi connectivity index (χ3n) is 4.03. The lowest BCUT2D eigenvalue weighted by molar-refractivity contribution is 0.291. The normalized spacial score (nSPS) is 10.8. The van der Waals surface area contributed by atoms with Gasteiger partial charge in [-0.3, -0.25) is 0 Å². The van der Waals surface area contributed by atoms with Crippen molar-refractivity contribution in [3.63, 3.8) is 0 Å². The highest BCUT2D eigenvalue weighted by atomic mass is 16.5. The summed E-state index contributed by atoms with van der Waals surface area (Å²) in [5.74, 6) is 1.79. The quantitative estimate of drug-likeness (QED) is 0.535. The van der Waals surface area contributed by atoms with Gasteiger partial charge in [-0.15, -0.1) is 0 Å². The summed E-state index contributed by atoms with van der Waals surface area (Å²) in [6.45, 7) is 1.24. The third kappa shape index (κ3) is 3.01. The van der Waals surface area contributed by atoms with Gasteiger partial charge in [-0.2, -0.15) is 0 Å². The number of hydrogen-bond donors (Lipinski definition) is 0. The molecule has 0 aliphatic carbocycles. The van der Waals surface area contributed by atoms with Gasteiger partial charge in [0.25, 0.3) is 0 Å². The first-order valence-corrected chi connectivity index (χ1v) is 8.06. The molecule has 1 heterocycles. The summed E-state index contributed by atoms with van der Waals surface area (Å²) >= 11 is 0. The molecule has 0 aliphatic rings. The fraction of sp³-hybridized carbons (Fsp3) is 0.0952. The van der Waals surface area contributed by atoms with E-state index in [-0.39, 0.29) is 0 Å². The number of imidazole rings is 1. The summed E-state index contributed by atoms with van der Waals surface area (Å²) in [6, 6.07) is 28.5. The lowest BCUT2D eigenvalue weighted by Crippen LogP contribution is -2.08. The van der Waals surface area contributed by atoms with Gasteiger partial charge in [0.05, 0.1) is 11.0 Å². The molecule has 0 spiro atoms. The highest BCUT2D eigenvalue weighted by molar-refractivity contribution is 5.76. The van der Waals surface area contributed by atoms with Gasteiger partial charge in [-0.1, -0.05) is 60.7 Å². The van der Waals surface area contributed by atoms with Gasteiger partial charge in [0.15, 0.2) is 0 Å². The molecule has 0 N–H and O–H groups in total. The smallest absolute Gasteiger partial charge is 0.148 e. The SMILES string of the molecule is c1ccc(Cn2c(COc3ccccc3)nc3ccccc32)cc1. The van der Waals surface area contributed by atoms with Crippen LogP contribution in [-0.2, 0) is 13.2 Å². The van der Waals surface area contributed by atoms with Gasteiger partial charge >= 0.3 is 0 Å². The summed E-state index contributed by atoms with van der Waals surface area (Å²) in [6.07, 6.45) is 0. The standard InChI is InChI=1S/C21H18N2O/c1-3-9-17(10-4-1)15-23-20-14-8-7-13-19(20)22-21(23)16-24-18-11-5-2-6-12-18/h1-14H,15-16H2. The number of hydrogen-bond acceptors (Lipinski definition) is 2. The summed E-state index contributed by atoms with van der Waals surface area (Å²) in [5, 5.41) is 0. The van der Waals surface area contributed by atoms with Crippen molar-refractivity contribution in [1.82, 2.24) is 9.55 Å². The van der Waals surface area contributed by atoms with E-state index in [1.165, 1.54) is 5.56 Å². The zero-order chi connectivity index (χ0) is 16.2.